The summed E-state index contributed by atoms with van der Waals surface area (Å²) in [7, 11) is 0. The van der Waals surface area contributed by atoms with Gasteiger partial charge >= 0.3 is 5.97 Å². The summed E-state index contributed by atoms with van der Waals surface area (Å²) in [5, 5.41) is 8.91. The van der Waals surface area contributed by atoms with E-state index in [4.69, 9.17) is 15.7 Å². The highest BCUT2D eigenvalue weighted by Crippen LogP contribution is 2.60. The van der Waals surface area contributed by atoms with Gasteiger partial charge in [-0.2, -0.15) is 5.26 Å². The first-order valence-electron chi connectivity index (χ1n) is 8.00. The lowest BCUT2D eigenvalue weighted by molar-refractivity contribution is -0.172. The van der Waals surface area contributed by atoms with Crippen LogP contribution < -0.4 is 5.73 Å². The molecule has 2 N–H and O–H groups in total. The van der Waals surface area contributed by atoms with Crippen molar-refractivity contribution in [2.24, 2.45) is 28.9 Å². The number of nitrogens with two attached hydrogens (primary N) is 1. The van der Waals surface area contributed by atoms with Crippen LogP contribution in [-0.2, 0) is 14.3 Å². The Hall–Kier alpha value is -1.83. The molecule has 0 unspecified atom stereocenters. The Bertz CT molecular complexity index is 546. The van der Waals surface area contributed by atoms with Crippen molar-refractivity contribution in [3.8, 4) is 6.07 Å². The molecule has 0 spiro atoms. The van der Waals surface area contributed by atoms with Crippen molar-refractivity contribution in [1.82, 2.24) is 0 Å². The summed E-state index contributed by atoms with van der Waals surface area (Å²) in [4.78, 5) is 24.5. The molecule has 4 aliphatic rings. The quantitative estimate of drug-likeness (QED) is 0.487. The van der Waals surface area contributed by atoms with Gasteiger partial charge in [-0.3, -0.25) is 9.59 Å². The van der Waals surface area contributed by atoms with Gasteiger partial charge in [-0.05, 0) is 63.2 Å². The Balaban J connectivity index is 1.65. The maximum Gasteiger partial charge on any atom is 0.312 e. The summed E-state index contributed by atoms with van der Waals surface area (Å²) in [6.07, 6.45) is 6.46. The summed E-state index contributed by atoms with van der Waals surface area (Å²) in [5.74, 6) is 1.19. The molecule has 118 valence electrons. The van der Waals surface area contributed by atoms with Crippen LogP contribution in [0.15, 0.2) is 11.3 Å². The number of hydrogen-bond donors (Lipinski definition) is 1. The number of ketones is 1. The first-order valence-corrected chi connectivity index (χ1v) is 8.00. The summed E-state index contributed by atoms with van der Waals surface area (Å²) >= 11 is 0. The summed E-state index contributed by atoms with van der Waals surface area (Å²) in [6.45, 7) is 1.12. The topological polar surface area (TPSA) is 93.2 Å². The molecule has 4 fully saturated rings. The molecule has 0 radical (unpaired) electrons. The van der Waals surface area contributed by atoms with E-state index in [1.807, 2.05) is 0 Å². The molecule has 4 bridgehead atoms. The zero-order valence-corrected chi connectivity index (χ0v) is 12.9. The number of hydrogen-bond acceptors (Lipinski definition) is 5. The first kappa shape index (κ1) is 15.1. The van der Waals surface area contributed by atoms with Crippen LogP contribution in [0.4, 0.5) is 0 Å². The highest BCUT2D eigenvalue weighted by molar-refractivity contribution is 6.01. The molecule has 5 nitrogen and oxygen atoms in total. The fraction of sp³-hybridized carbons (Fsp3) is 0.706. The molecule has 0 saturated heterocycles. The second-order valence-corrected chi connectivity index (χ2v) is 7.37. The lowest BCUT2D eigenvalue weighted by atomic mass is 9.49. The van der Waals surface area contributed by atoms with Crippen LogP contribution in [0.3, 0.4) is 0 Å². The number of ether oxygens (including phenoxy) is 1. The van der Waals surface area contributed by atoms with Gasteiger partial charge < -0.3 is 10.5 Å². The van der Waals surface area contributed by atoms with Gasteiger partial charge in [0.15, 0.2) is 6.61 Å². The van der Waals surface area contributed by atoms with E-state index in [2.05, 4.69) is 0 Å². The van der Waals surface area contributed by atoms with Crippen molar-refractivity contribution in [3.63, 3.8) is 0 Å². The van der Waals surface area contributed by atoms with Crippen molar-refractivity contribution in [2.75, 3.05) is 6.61 Å². The van der Waals surface area contributed by atoms with Crippen LogP contribution in [0.5, 0.6) is 0 Å². The molecule has 0 aliphatic heterocycles. The van der Waals surface area contributed by atoms with Crippen molar-refractivity contribution in [3.05, 3.63) is 11.3 Å². The van der Waals surface area contributed by atoms with E-state index in [-0.39, 0.29) is 29.3 Å². The molecular formula is C17H22N2O3. The lowest BCUT2D eigenvalue weighted by Gasteiger charge is -2.55. The third-order valence-electron chi connectivity index (χ3n) is 5.59. The minimum absolute atomic E-state index is 0.113. The van der Waals surface area contributed by atoms with Crippen LogP contribution >= 0.6 is 0 Å². The predicted molar refractivity (Wildman–Crippen MR) is 79.1 cm³/mol. The van der Waals surface area contributed by atoms with Gasteiger partial charge in [0.25, 0.3) is 0 Å². The summed E-state index contributed by atoms with van der Waals surface area (Å²) in [5.41, 5.74) is 5.18. The number of allylic oxidation sites excluding steroid dienone is 1. The fourth-order valence-corrected chi connectivity index (χ4v) is 5.09. The Morgan fingerprint density at radius 2 is 1.68 bits per heavy atom. The van der Waals surface area contributed by atoms with Crippen LogP contribution in [0.25, 0.3) is 0 Å². The van der Waals surface area contributed by atoms with E-state index in [1.54, 1.807) is 6.07 Å². The largest absolute Gasteiger partial charge is 0.457 e. The Morgan fingerprint density at radius 1 is 1.18 bits per heavy atom. The average Bonchev–Trinajstić information content (AvgIpc) is 2.43. The third kappa shape index (κ3) is 2.51. The first-order chi connectivity index (χ1) is 10.4. The minimum atomic E-state index is -0.513. The lowest BCUT2D eigenvalue weighted by Crippen LogP contribution is -2.50. The van der Waals surface area contributed by atoms with Gasteiger partial charge in [-0.15, -0.1) is 0 Å². The van der Waals surface area contributed by atoms with Gasteiger partial charge in [-0.25, -0.2) is 0 Å². The number of esters is 1. The highest BCUT2D eigenvalue weighted by Gasteiger charge is 2.55. The second kappa shape index (κ2) is 5.42. The normalized spacial score (nSPS) is 36.5. The molecule has 0 aromatic heterocycles. The molecule has 5 heteroatoms. The zero-order chi connectivity index (χ0) is 15.9. The maximum absolute atomic E-state index is 12.6. The van der Waals surface area contributed by atoms with Crippen molar-refractivity contribution < 1.29 is 14.3 Å². The van der Waals surface area contributed by atoms with Crippen molar-refractivity contribution >= 4 is 11.8 Å². The number of carbonyl (C=O) groups excluding carboxylic acids is 2. The molecule has 4 aliphatic carbocycles. The molecule has 22 heavy (non-hydrogen) atoms. The average molecular weight is 302 g/mol. The van der Waals surface area contributed by atoms with E-state index in [0.717, 1.165) is 19.3 Å². The van der Waals surface area contributed by atoms with E-state index < -0.39 is 5.78 Å². The van der Waals surface area contributed by atoms with Gasteiger partial charge in [0.1, 0.15) is 11.6 Å². The zero-order valence-electron chi connectivity index (χ0n) is 12.9. The number of nitriles is 1. The SMILES string of the molecule is C/C(N)=C(\C#N)C(=O)COC(=O)C12CC3CC(CC(C3)C1)C2. The van der Waals surface area contributed by atoms with Crippen molar-refractivity contribution in [2.45, 2.75) is 45.4 Å². The number of nitrogens with zero attached hydrogens (tertiary/aromatic N) is 1. The summed E-state index contributed by atoms with van der Waals surface area (Å²) in [6, 6.07) is 1.77. The molecule has 0 atom stereocenters. The molecule has 0 heterocycles. The number of Topliss-reactive ketones (excluding diaryl/α,β-unsaturated/α-hetero) is 1. The third-order valence-corrected chi connectivity index (χ3v) is 5.59. The predicted octanol–water partition coefficient (Wildman–Crippen LogP) is 2.07. The minimum Gasteiger partial charge on any atom is -0.457 e. The van der Waals surface area contributed by atoms with Crippen LogP contribution in [0.2, 0.25) is 0 Å². The summed E-state index contributed by atoms with van der Waals surface area (Å²) < 4.78 is 5.29. The van der Waals surface area contributed by atoms with Gasteiger partial charge in [0.05, 0.1) is 5.41 Å². The van der Waals surface area contributed by atoms with E-state index in [0.29, 0.717) is 17.8 Å². The Kier molecular flexibility index (Phi) is 3.72. The van der Waals surface area contributed by atoms with Gasteiger partial charge in [0.2, 0.25) is 5.78 Å². The van der Waals surface area contributed by atoms with Crippen LogP contribution in [0, 0.1) is 34.5 Å². The van der Waals surface area contributed by atoms with Crippen molar-refractivity contribution in [1.29, 1.82) is 5.26 Å². The molecule has 4 saturated carbocycles. The molecule has 4 rings (SSSR count). The van der Waals surface area contributed by atoms with E-state index in [9.17, 15) is 9.59 Å². The van der Waals surface area contributed by atoms with Gasteiger partial charge in [0, 0.05) is 5.70 Å². The van der Waals surface area contributed by atoms with E-state index >= 15 is 0 Å². The van der Waals surface area contributed by atoms with E-state index in [1.165, 1.54) is 26.2 Å². The standard InChI is InChI=1S/C17H22N2O3/c1-10(19)14(8-18)15(20)9-22-16(21)17-5-11-2-12(6-17)4-13(3-11)7-17/h11-13H,2-7,9,19H2,1H3/b14-10-. The number of carbonyl (C=O) groups is 2. The highest BCUT2D eigenvalue weighted by atomic mass is 16.5. The Labute approximate surface area is 130 Å². The maximum atomic E-state index is 12.6. The van der Waals surface area contributed by atoms with Crippen LogP contribution in [-0.4, -0.2) is 18.4 Å². The second-order valence-electron chi connectivity index (χ2n) is 7.37. The fourth-order valence-electron chi connectivity index (χ4n) is 5.09. The number of rotatable bonds is 4. The van der Waals surface area contributed by atoms with Gasteiger partial charge in [-0.1, -0.05) is 0 Å². The monoisotopic (exact) mass is 302 g/mol. The molecule has 0 amide bonds. The van der Waals surface area contributed by atoms with Crippen LogP contribution in [0.1, 0.15) is 45.4 Å². The smallest absolute Gasteiger partial charge is 0.312 e. The molecule has 0 aromatic rings. The Morgan fingerprint density at radius 3 is 2.09 bits per heavy atom. The molecule has 0 aromatic carbocycles. The molecular weight excluding hydrogens is 280 g/mol.